The van der Waals surface area contributed by atoms with Crippen molar-refractivity contribution in [3.05, 3.63) is 0 Å². The monoisotopic (exact) mass is 195 g/mol. The molecular formula is C5H10BrNO2. The fraction of sp³-hybridized carbons (Fsp3) is 0.800. The molecule has 9 heavy (non-hydrogen) atoms. The van der Waals surface area contributed by atoms with Crippen molar-refractivity contribution < 1.29 is 9.53 Å². The Labute approximate surface area is 62.7 Å². The molecular weight excluding hydrogens is 186 g/mol. The smallest absolute Gasteiger partial charge is 0.257 e. The maximum absolute atomic E-state index is 10.3. The van der Waals surface area contributed by atoms with Gasteiger partial charge < -0.3 is 10.5 Å². The molecule has 0 aliphatic carbocycles. The van der Waals surface area contributed by atoms with Crippen molar-refractivity contribution in [3.63, 3.8) is 0 Å². The van der Waals surface area contributed by atoms with Gasteiger partial charge in [-0.05, 0) is 22.4 Å². The zero-order valence-electron chi connectivity index (χ0n) is 5.26. The number of hydrogen-bond donors (Lipinski definition) is 1. The van der Waals surface area contributed by atoms with Crippen molar-refractivity contribution in [1.29, 1.82) is 0 Å². The number of carbonyl (C=O) groups is 1. The second-order valence-corrected chi connectivity index (χ2v) is 2.42. The van der Waals surface area contributed by atoms with Crippen LogP contribution in [0, 0.1) is 0 Å². The summed E-state index contributed by atoms with van der Waals surface area (Å²) < 4.78 is 4.89. The Kier molecular flexibility index (Phi) is 4.71. The first-order valence-corrected chi connectivity index (χ1v) is 3.65. The van der Waals surface area contributed by atoms with E-state index < -0.39 is 10.9 Å². The highest BCUT2D eigenvalue weighted by Crippen LogP contribution is 1.99. The van der Waals surface area contributed by atoms with Gasteiger partial charge in [0.1, 0.15) is 0 Å². The minimum Gasteiger partial charge on any atom is -0.367 e. The Morgan fingerprint density at radius 1 is 1.89 bits per heavy atom. The van der Waals surface area contributed by atoms with Crippen molar-refractivity contribution in [1.82, 2.24) is 0 Å². The summed E-state index contributed by atoms with van der Waals surface area (Å²) in [6, 6.07) is 0. The first-order chi connectivity index (χ1) is 4.18. The van der Waals surface area contributed by atoms with E-state index in [1.54, 1.807) is 0 Å². The van der Waals surface area contributed by atoms with E-state index >= 15 is 0 Å². The minimum atomic E-state index is -0.627. The molecule has 0 radical (unpaired) electrons. The molecule has 3 nitrogen and oxygen atoms in total. The predicted octanol–water partition coefficient (Wildman–Crippen LogP) is 0.619. The number of hydrogen-bond acceptors (Lipinski definition) is 2. The van der Waals surface area contributed by atoms with Crippen LogP contribution in [0.15, 0.2) is 0 Å². The summed E-state index contributed by atoms with van der Waals surface area (Å²) in [4.78, 5) is 10.3. The van der Waals surface area contributed by atoms with Gasteiger partial charge >= 0.3 is 0 Å². The van der Waals surface area contributed by atoms with Gasteiger partial charge in [-0.2, -0.15) is 0 Å². The Balaban J connectivity index is 3.27. The highest BCUT2D eigenvalue weighted by atomic mass is 79.9. The quantitative estimate of drug-likeness (QED) is 0.670. The summed E-state index contributed by atoms with van der Waals surface area (Å²) in [6.45, 7) is 2.51. The van der Waals surface area contributed by atoms with E-state index in [-0.39, 0.29) is 0 Å². The van der Waals surface area contributed by atoms with Gasteiger partial charge in [0.25, 0.3) is 5.91 Å². The topological polar surface area (TPSA) is 52.3 Å². The Bertz CT molecular complexity index is 97.0. The number of halogens is 1. The van der Waals surface area contributed by atoms with E-state index in [9.17, 15) is 4.79 Å². The van der Waals surface area contributed by atoms with Crippen LogP contribution >= 0.6 is 15.9 Å². The Morgan fingerprint density at radius 3 is 2.78 bits per heavy atom. The predicted molar refractivity (Wildman–Crippen MR) is 38.2 cm³/mol. The van der Waals surface area contributed by atoms with Crippen LogP contribution in [0.1, 0.15) is 13.3 Å². The third kappa shape index (κ3) is 4.42. The zero-order valence-corrected chi connectivity index (χ0v) is 6.85. The minimum absolute atomic E-state index is 0.483. The van der Waals surface area contributed by atoms with Crippen LogP contribution < -0.4 is 5.73 Å². The number of primary amides is 1. The van der Waals surface area contributed by atoms with Crippen molar-refractivity contribution in [2.75, 3.05) is 6.61 Å². The summed E-state index contributed by atoms with van der Waals surface area (Å²) in [5.74, 6) is -0.483. The second-order valence-electron chi connectivity index (χ2n) is 1.59. The molecule has 0 spiro atoms. The number of rotatable bonds is 4. The van der Waals surface area contributed by atoms with Crippen LogP contribution in [0.4, 0.5) is 0 Å². The summed E-state index contributed by atoms with van der Waals surface area (Å²) >= 11 is 2.95. The molecule has 0 bridgehead atoms. The van der Waals surface area contributed by atoms with Gasteiger partial charge in [-0.3, -0.25) is 4.79 Å². The average molecular weight is 196 g/mol. The molecule has 1 atom stereocenters. The fourth-order valence-corrected chi connectivity index (χ4v) is 0.490. The highest BCUT2D eigenvalue weighted by Gasteiger charge is 2.08. The lowest BCUT2D eigenvalue weighted by Gasteiger charge is -2.04. The molecule has 1 unspecified atom stereocenters. The molecule has 0 saturated heterocycles. The number of nitrogens with two attached hydrogens (primary N) is 1. The van der Waals surface area contributed by atoms with E-state index in [0.29, 0.717) is 6.61 Å². The standard InChI is InChI=1S/C5H10BrNO2/c1-2-3-9-4(6)5(7)8/h4H,2-3H2,1H3,(H2,7,8). The van der Waals surface area contributed by atoms with Gasteiger partial charge in [-0.25, -0.2) is 0 Å². The number of ether oxygens (including phenoxy) is 1. The van der Waals surface area contributed by atoms with E-state index in [4.69, 9.17) is 10.5 Å². The fourth-order valence-electron chi connectivity index (χ4n) is 0.303. The van der Waals surface area contributed by atoms with Gasteiger partial charge in [0.15, 0.2) is 5.01 Å². The van der Waals surface area contributed by atoms with Crippen LogP contribution in [-0.2, 0) is 9.53 Å². The molecule has 4 heteroatoms. The largest absolute Gasteiger partial charge is 0.367 e. The Hall–Kier alpha value is -0.0900. The van der Waals surface area contributed by atoms with Crippen molar-refractivity contribution in [2.45, 2.75) is 18.4 Å². The molecule has 0 aliphatic rings. The van der Waals surface area contributed by atoms with Crippen LogP contribution in [0.3, 0.4) is 0 Å². The molecule has 0 aliphatic heterocycles. The van der Waals surface area contributed by atoms with Crippen LogP contribution in [-0.4, -0.2) is 17.5 Å². The summed E-state index contributed by atoms with van der Waals surface area (Å²) in [5, 5.41) is -0.627. The SMILES string of the molecule is CCCOC(Br)C(N)=O. The van der Waals surface area contributed by atoms with Crippen molar-refractivity contribution in [2.24, 2.45) is 5.73 Å². The van der Waals surface area contributed by atoms with Crippen LogP contribution in [0.25, 0.3) is 0 Å². The third-order valence-corrected chi connectivity index (χ3v) is 1.41. The first kappa shape index (κ1) is 8.91. The molecule has 0 fully saturated rings. The third-order valence-electron chi connectivity index (χ3n) is 0.692. The lowest BCUT2D eigenvalue weighted by molar-refractivity contribution is -0.124. The second kappa shape index (κ2) is 4.76. The molecule has 0 heterocycles. The molecule has 0 aromatic rings. The number of amides is 1. The first-order valence-electron chi connectivity index (χ1n) is 2.73. The normalized spacial score (nSPS) is 13.1. The average Bonchev–Trinajstić information content (AvgIpc) is 1.82. The van der Waals surface area contributed by atoms with Crippen molar-refractivity contribution >= 4 is 21.8 Å². The lowest BCUT2D eigenvalue weighted by atomic mass is 10.5. The molecule has 54 valence electrons. The lowest BCUT2D eigenvalue weighted by Crippen LogP contribution is -2.25. The maximum Gasteiger partial charge on any atom is 0.257 e. The molecule has 1 amide bonds. The molecule has 2 N–H and O–H groups in total. The van der Waals surface area contributed by atoms with Crippen LogP contribution in [0.2, 0.25) is 0 Å². The van der Waals surface area contributed by atoms with Crippen molar-refractivity contribution in [3.8, 4) is 0 Å². The van der Waals surface area contributed by atoms with E-state index in [1.165, 1.54) is 0 Å². The summed E-state index contributed by atoms with van der Waals surface area (Å²) in [6.07, 6.45) is 0.884. The van der Waals surface area contributed by atoms with E-state index in [1.807, 2.05) is 6.92 Å². The van der Waals surface area contributed by atoms with Gasteiger partial charge in [0.2, 0.25) is 0 Å². The van der Waals surface area contributed by atoms with E-state index in [2.05, 4.69) is 15.9 Å². The summed E-state index contributed by atoms with van der Waals surface area (Å²) in [5.41, 5.74) is 4.87. The van der Waals surface area contributed by atoms with Gasteiger partial charge in [-0.1, -0.05) is 6.92 Å². The maximum atomic E-state index is 10.3. The van der Waals surface area contributed by atoms with Gasteiger partial charge in [0, 0.05) is 6.61 Å². The highest BCUT2D eigenvalue weighted by molar-refractivity contribution is 9.09. The van der Waals surface area contributed by atoms with Crippen LogP contribution in [0.5, 0.6) is 0 Å². The molecule has 0 aromatic heterocycles. The number of carbonyl (C=O) groups excluding carboxylic acids is 1. The molecule has 0 saturated carbocycles. The number of alkyl halides is 1. The summed E-state index contributed by atoms with van der Waals surface area (Å²) in [7, 11) is 0. The van der Waals surface area contributed by atoms with E-state index in [0.717, 1.165) is 6.42 Å². The zero-order chi connectivity index (χ0) is 7.28. The van der Waals surface area contributed by atoms with Gasteiger partial charge in [0.05, 0.1) is 0 Å². The molecule has 0 rings (SSSR count). The van der Waals surface area contributed by atoms with Gasteiger partial charge in [-0.15, -0.1) is 0 Å². The molecule has 0 aromatic carbocycles. The Morgan fingerprint density at radius 2 is 2.44 bits per heavy atom.